The first kappa shape index (κ1) is 24.7. The molecule has 0 aliphatic carbocycles. The van der Waals surface area contributed by atoms with Crippen LogP contribution in [0.25, 0.3) is 27.1 Å². The Hall–Kier alpha value is -2.63. The lowest BCUT2D eigenvalue weighted by Gasteiger charge is -2.41. The highest BCUT2D eigenvalue weighted by Crippen LogP contribution is 2.46. The molecule has 6 rings (SSSR count). The molecule has 0 spiro atoms. The van der Waals surface area contributed by atoms with Gasteiger partial charge in [-0.15, -0.1) is 11.3 Å². The van der Waals surface area contributed by atoms with Crippen molar-refractivity contribution in [2.24, 2.45) is 0 Å². The van der Waals surface area contributed by atoms with Gasteiger partial charge in [-0.05, 0) is 48.8 Å². The fourth-order valence-corrected chi connectivity index (χ4v) is 7.56. The number of fused-ring (bicyclic) bond motifs is 2. The highest BCUT2D eigenvalue weighted by Gasteiger charge is 2.35. The molecular weight excluding hydrogens is 488 g/mol. The molecule has 37 heavy (non-hydrogen) atoms. The van der Waals surface area contributed by atoms with Gasteiger partial charge in [0.1, 0.15) is 29.7 Å². The summed E-state index contributed by atoms with van der Waals surface area (Å²) in [6.07, 6.45) is 6.35. The van der Waals surface area contributed by atoms with Crippen molar-refractivity contribution < 1.29 is 14.6 Å². The monoisotopic (exact) mass is 522 g/mol. The van der Waals surface area contributed by atoms with E-state index >= 15 is 0 Å². The van der Waals surface area contributed by atoms with Crippen LogP contribution in [0, 0.1) is 6.92 Å². The number of piperidine rings is 1. The number of aliphatic hydroxyl groups excluding tert-OH is 1. The van der Waals surface area contributed by atoms with Crippen molar-refractivity contribution in [3.05, 3.63) is 40.2 Å². The van der Waals surface area contributed by atoms with Gasteiger partial charge in [-0.1, -0.05) is 13.8 Å². The molecule has 2 aliphatic heterocycles. The van der Waals surface area contributed by atoms with Crippen molar-refractivity contribution in [1.82, 2.24) is 29.8 Å². The molecular formula is C27H34N6O3S. The summed E-state index contributed by atoms with van der Waals surface area (Å²) in [6.45, 7) is 9.60. The van der Waals surface area contributed by atoms with E-state index in [1.807, 2.05) is 10.7 Å². The third-order valence-electron chi connectivity index (χ3n) is 7.88. The summed E-state index contributed by atoms with van der Waals surface area (Å²) in [4.78, 5) is 24.3. The summed E-state index contributed by atoms with van der Waals surface area (Å²) in [5, 5.41) is 19.4. The maximum absolute atomic E-state index is 11.5. The van der Waals surface area contributed by atoms with Gasteiger partial charge in [-0.2, -0.15) is 5.10 Å². The number of carbonyl (C=O) groups excluding carboxylic acids is 1. The second kappa shape index (κ2) is 9.92. The van der Waals surface area contributed by atoms with E-state index in [0.29, 0.717) is 19.1 Å². The van der Waals surface area contributed by atoms with Gasteiger partial charge in [0.2, 0.25) is 0 Å². The number of nitrogens with one attached hydrogen (secondary N) is 2. The number of ether oxygens (including phenoxy) is 1. The Balaban J connectivity index is 1.33. The molecule has 4 aromatic heterocycles. The quantitative estimate of drug-likeness (QED) is 0.332. The number of pyridine rings is 1. The number of rotatable bonds is 6. The molecule has 1 unspecified atom stereocenters. The lowest BCUT2D eigenvalue weighted by molar-refractivity contribution is -0.132. The van der Waals surface area contributed by atoms with Crippen LogP contribution in [0.3, 0.4) is 0 Å². The predicted molar refractivity (Wildman–Crippen MR) is 144 cm³/mol. The SMILES string of the molecule is Cc1cc(-c2[nH]c3sc(C4CCN(C5OCCN[C@@H]5C=O)CC4)c(CO)c3c2C(C)C)cn2ncnc12. The second-order valence-electron chi connectivity index (χ2n) is 10.5. The Morgan fingerprint density at radius 3 is 2.86 bits per heavy atom. The zero-order valence-corrected chi connectivity index (χ0v) is 22.3. The highest BCUT2D eigenvalue weighted by atomic mass is 32.1. The summed E-state index contributed by atoms with van der Waals surface area (Å²) in [6, 6.07) is 1.89. The van der Waals surface area contributed by atoms with Crippen LogP contribution in [0.1, 0.15) is 60.1 Å². The van der Waals surface area contributed by atoms with Crippen molar-refractivity contribution in [3.63, 3.8) is 0 Å². The molecule has 196 valence electrons. The molecule has 6 heterocycles. The first-order valence-electron chi connectivity index (χ1n) is 13.1. The molecule has 0 radical (unpaired) electrons. The minimum atomic E-state index is -0.273. The number of aldehydes is 1. The predicted octanol–water partition coefficient (Wildman–Crippen LogP) is 3.56. The lowest BCUT2D eigenvalue weighted by atomic mass is 9.90. The number of aromatic nitrogens is 4. The van der Waals surface area contributed by atoms with E-state index in [9.17, 15) is 9.90 Å². The van der Waals surface area contributed by atoms with Crippen LogP contribution in [-0.2, 0) is 16.1 Å². The number of hydrogen-bond donors (Lipinski definition) is 3. The molecule has 2 atom stereocenters. The fourth-order valence-electron chi connectivity index (χ4n) is 6.16. The minimum Gasteiger partial charge on any atom is -0.392 e. The van der Waals surface area contributed by atoms with Gasteiger partial charge in [0, 0.05) is 47.2 Å². The normalized spacial score (nSPS) is 22.0. The van der Waals surface area contributed by atoms with E-state index in [1.54, 1.807) is 17.7 Å². The Kier molecular flexibility index (Phi) is 6.62. The summed E-state index contributed by atoms with van der Waals surface area (Å²) in [5.74, 6) is 0.661. The summed E-state index contributed by atoms with van der Waals surface area (Å²) in [5.41, 5.74) is 6.41. The molecule has 4 aromatic rings. The van der Waals surface area contributed by atoms with E-state index in [1.165, 1.54) is 15.8 Å². The third-order valence-corrected chi connectivity index (χ3v) is 9.19. The number of aliphatic hydroxyl groups is 1. The van der Waals surface area contributed by atoms with Gasteiger partial charge < -0.3 is 24.9 Å². The maximum atomic E-state index is 11.5. The Morgan fingerprint density at radius 1 is 1.32 bits per heavy atom. The van der Waals surface area contributed by atoms with Gasteiger partial charge in [-0.3, -0.25) is 4.90 Å². The maximum Gasteiger partial charge on any atom is 0.158 e. The van der Waals surface area contributed by atoms with Crippen LogP contribution in [0.15, 0.2) is 18.6 Å². The number of aryl methyl sites for hydroxylation is 1. The van der Waals surface area contributed by atoms with Crippen LogP contribution < -0.4 is 5.32 Å². The molecule has 0 amide bonds. The largest absolute Gasteiger partial charge is 0.392 e. The van der Waals surface area contributed by atoms with Crippen molar-refractivity contribution >= 4 is 33.5 Å². The van der Waals surface area contributed by atoms with Crippen LogP contribution in [0.5, 0.6) is 0 Å². The molecule has 0 saturated carbocycles. The number of hydrogen-bond acceptors (Lipinski definition) is 8. The van der Waals surface area contributed by atoms with Gasteiger partial charge in [0.05, 0.1) is 18.9 Å². The first-order chi connectivity index (χ1) is 18.0. The molecule has 10 heteroatoms. The van der Waals surface area contributed by atoms with E-state index < -0.39 is 0 Å². The Morgan fingerprint density at radius 2 is 2.14 bits per heavy atom. The topological polar surface area (TPSA) is 108 Å². The number of H-pyrrole nitrogens is 1. The van der Waals surface area contributed by atoms with E-state index in [4.69, 9.17) is 4.74 Å². The smallest absolute Gasteiger partial charge is 0.158 e. The average Bonchev–Trinajstić information content (AvgIpc) is 3.62. The highest BCUT2D eigenvalue weighted by molar-refractivity contribution is 7.19. The number of morpholine rings is 1. The summed E-state index contributed by atoms with van der Waals surface area (Å²) >= 11 is 1.78. The molecule has 3 N–H and O–H groups in total. The minimum absolute atomic E-state index is 0.0244. The number of likely N-dealkylation sites (tertiary alicyclic amines) is 1. The lowest BCUT2D eigenvalue weighted by Crippen LogP contribution is -2.58. The summed E-state index contributed by atoms with van der Waals surface area (Å²) in [7, 11) is 0. The van der Waals surface area contributed by atoms with E-state index in [-0.39, 0.29) is 24.8 Å². The zero-order chi connectivity index (χ0) is 25.7. The Bertz CT molecular complexity index is 1430. The van der Waals surface area contributed by atoms with Gasteiger partial charge >= 0.3 is 0 Å². The second-order valence-corrected chi connectivity index (χ2v) is 11.6. The number of aromatic amines is 1. The molecule has 0 aromatic carbocycles. The van der Waals surface area contributed by atoms with E-state index in [2.05, 4.69) is 52.1 Å². The van der Waals surface area contributed by atoms with Crippen LogP contribution in [0.2, 0.25) is 0 Å². The number of nitrogens with zero attached hydrogens (tertiary/aromatic N) is 4. The van der Waals surface area contributed by atoms with Crippen molar-refractivity contribution in [2.45, 2.75) is 64.3 Å². The number of thiophene rings is 1. The average molecular weight is 523 g/mol. The van der Waals surface area contributed by atoms with Gasteiger partial charge in [0.25, 0.3) is 0 Å². The van der Waals surface area contributed by atoms with Gasteiger partial charge in [0.15, 0.2) is 5.65 Å². The van der Waals surface area contributed by atoms with E-state index in [0.717, 1.165) is 65.1 Å². The Labute approximate surface area is 219 Å². The third kappa shape index (κ3) is 4.21. The molecule has 2 fully saturated rings. The van der Waals surface area contributed by atoms with Crippen molar-refractivity contribution in [2.75, 3.05) is 26.2 Å². The van der Waals surface area contributed by atoms with Crippen LogP contribution >= 0.6 is 11.3 Å². The van der Waals surface area contributed by atoms with Crippen LogP contribution in [-0.4, -0.2) is 74.4 Å². The molecule has 0 bridgehead atoms. The fraction of sp³-hybridized carbons (Fsp3) is 0.519. The first-order valence-corrected chi connectivity index (χ1v) is 13.9. The zero-order valence-electron chi connectivity index (χ0n) is 21.5. The number of carbonyl (C=O) groups is 1. The van der Waals surface area contributed by atoms with Crippen molar-refractivity contribution in [3.8, 4) is 11.3 Å². The molecule has 9 nitrogen and oxygen atoms in total. The molecule has 2 aliphatic rings. The standard InChI is InChI=1S/C27H34N6O3S/c1-15(2)21-22-19(12-34)24(17-4-7-32(8-5-17)27-20(13-35)28-6-9-36-27)37-26(22)31-23(21)18-10-16(3)25-29-14-30-33(25)11-18/h10-11,13-15,17,20,27-28,31,34H,4-9,12H2,1-3H3/t20-,27?/m1/s1. The van der Waals surface area contributed by atoms with Crippen LogP contribution in [0.4, 0.5) is 0 Å². The van der Waals surface area contributed by atoms with Crippen molar-refractivity contribution in [1.29, 1.82) is 0 Å². The summed E-state index contributed by atoms with van der Waals surface area (Å²) < 4.78 is 7.78. The molecule has 2 saturated heterocycles. The van der Waals surface area contributed by atoms with Gasteiger partial charge in [-0.25, -0.2) is 9.50 Å².